The van der Waals surface area contributed by atoms with Crippen LogP contribution in [0.2, 0.25) is 0 Å². The molecule has 0 aromatic carbocycles. The normalized spacial score (nSPS) is 17.5. The number of hydrogen-bond donors (Lipinski definition) is 1. The second kappa shape index (κ2) is 7.64. The van der Waals surface area contributed by atoms with Crippen molar-refractivity contribution in [2.45, 2.75) is 52.7 Å². The van der Waals surface area contributed by atoms with Crippen LogP contribution in [-0.2, 0) is 14.3 Å². The average Bonchev–Trinajstić information content (AvgIpc) is 2.35. The molecule has 0 spiro atoms. The second-order valence-corrected chi connectivity index (χ2v) is 6.77. The smallest absolute Gasteiger partial charge is 0.408 e. The van der Waals surface area contributed by atoms with Crippen molar-refractivity contribution in [1.29, 1.82) is 0 Å². The van der Waals surface area contributed by atoms with Gasteiger partial charge in [-0.1, -0.05) is 13.8 Å². The minimum atomic E-state index is -0.575. The number of ether oxygens (including phenoxy) is 2. The SMILES string of the molecule is CC(C)C[C@@H](NC(=O)OC(C)(C)C)C(=O)N1CCOCC1. The summed E-state index contributed by atoms with van der Waals surface area (Å²) in [6.07, 6.45) is 0.0462. The molecule has 0 aromatic heterocycles. The standard InChI is InChI=1S/C15H28N2O4/c1-11(2)10-12(16-14(19)21-15(3,4)5)13(18)17-6-8-20-9-7-17/h11-12H,6-10H2,1-5H3,(H,16,19)/t12-/m1/s1. The first-order valence-electron chi connectivity index (χ1n) is 7.55. The van der Waals surface area contributed by atoms with E-state index in [1.165, 1.54) is 0 Å². The van der Waals surface area contributed by atoms with E-state index < -0.39 is 17.7 Å². The highest BCUT2D eigenvalue weighted by atomic mass is 16.6. The van der Waals surface area contributed by atoms with Gasteiger partial charge in [0.2, 0.25) is 5.91 Å². The van der Waals surface area contributed by atoms with Crippen molar-refractivity contribution >= 4 is 12.0 Å². The van der Waals surface area contributed by atoms with Gasteiger partial charge in [0.05, 0.1) is 13.2 Å². The molecular formula is C15H28N2O4. The molecule has 1 aliphatic heterocycles. The van der Waals surface area contributed by atoms with Crippen molar-refractivity contribution < 1.29 is 19.1 Å². The molecule has 122 valence electrons. The van der Waals surface area contributed by atoms with E-state index in [0.717, 1.165) is 0 Å². The fourth-order valence-electron chi connectivity index (χ4n) is 2.15. The van der Waals surface area contributed by atoms with E-state index >= 15 is 0 Å². The zero-order valence-corrected chi connectivity index (χ0v) is 13.8. The molecule has 0 unspecified atom stereocenters. The molecule has 1 N–H and O–H groups in total. The Morgan fingerprint density at radius 2 is 1.81 bits per heavy atom. The van der Waals surface area contributed by atoms with Gasteiger partial charge in [-0.15, -0.1) is 0 Å². The van der Waals surface area contributed by atoms with E-state index in [1.807, 2.05) is 13.8 Å². The number of nitrogens with one attached hydrogen (secondary N) is 1. The zero-order valence-electron chi connectivity index (χ0n) is 13.8. The Balaban J connectivity index is 2.65. The van der Waals surface area contributed by atoms with Crippen LogP contribution >= 0.6 is 0 Å². The molecule has 1 heterocycles. The van der Waals surface area contributed by atoms with Crippen LogP contribution < -0.4 is 5.32 Å². The lowest BCUT2D eigenvalue weighted by Gasteiger charge is -2.31. The minimum Gasteiger partial charge on any atom is -0.444 e. The van der Waals surface area contributed by atoms with E-state index in [4.69, 9.17) is 9.47 Å². The summed E-state index contributed by atoms with van der Waals surface area (Å²) in [6, 6.07) is -0.544. The number of carbonyl (C=O) groups excluding carboxylic acids is 2. The zero-order chi connectivity index (χ0) is 16.0. The van der Waals surface area contributed by atoms with E-state index in [1.54, 1.807) is 25.7 Å². The third-order valence-corrected chi connectivity index (χ3v) is 3.02. The first-order valence-corrected chi connectivity index (χ1v) is 7.55. The number of nitrogens with zero attached hydrogens (tertiary/aromatic N) is 1. The number of morpholine rings is 1. The first-order chi connectivity index (χ1) is 9.69. The lowest BCUT2D eigenvalue weighted by atomic mass is 10.0. The third-order valence-electron chi connectivity index (χ3n) is 3.02. The summed E-state index contributed by atoms with van der Waals surface area (Å²) in [6.45, 7) is 11.7. The lowest BCUT2D eigenvalue weighted by Crippen LogP contribution is -2.52. The molecule has 6 heteroatoms. The van der Waals surface area contributed by atoms with Gasteiger partial charge in [0, 0.05) is 13.1 Å². The summed E-state index contributed by atoms with van der Waals surface area (Å²) in [5.74, 6) is 0.243. The molecule has 1 rings (SSSR count). The molecular weight excluding hydrogens is 272 g/mol. The van der Waals surface area contributed by atoms with E-state index in [2.05, 4.69) is 5.32 Å². The number of hydrogen-bond acceptors (Lipinski definition) is 4. The van der Waals surface area contributed by atoms with Gasteiger partial charge in [0.1, 0.15) is 11.6 Å². The largest absolute Gasteiger partial charge is 0.444 e. The van der Waals surface area contributed by atoms with Gasteiger partial charge in [-0.2, -0.15) is 0 Å². The average molecular weight is 300 g/mol. The predicted octanol–water partition coefficient (Wildman–Crippen LogP) is 1.78. The van der Waals surface area contributed by atoms with Crippen LogP contribution in [0.15, 0.2) is 0 Å². The van der Waals surface area contributed by atoms with Crippen molar-refractivity contribution in [3.8, 4) is 0 Å². The molecule has 0 saturated carbocycles. The Morgan fingerprint density at radius 1 is 1.24 bits per heavy atom. The maximum Gasteiger partial charge on any atom is 0.408 e. The molecule has 1 aliphatic rings. The highest BCUT2D eigenvalue weighted by Gasteiger charge is 2.29. The monoisotopic (exact) mass is 300 g/mol. The summed E-state index contributed by atoms with van der Waals surface area (Å²) >= 11 is 0. The fraction of sp³-hybridized carbons (Fsp3) is 0.867. The van der Waals surface area contributed by atoms with Crippen molar-refractivity contribution in [3.05, 3.63) is 0 Å². The maximum atomic E-state index is 12.5. The molecule has 0 radical (unpaired) electrons. The number of amides is 2. The van der Waals surface area contributed by atoms with Crippen LogP contribution in [0.4, 0.5) is 4.79 Å². The van der Waals surface area contributed by atoms with Gasteiger partial charge in [-0.3, -0.25) is 4.79 Å². The quantitative estimate of drug-likeness (QED) is 0.859. The van der Waals surface area contributed by atoms with Crippen molar-refractivity contribution in [2.75, 3.05) is 26.3 Å². The Morgan fingerprint density at radius 3 is 2.29 bits per heavy atom. The summed E-state index contributed by atoms with van der Waals surface area (Å²) in [4.78, 5) is 26.2. The molecule has 1 saturated heterocycles. The van der Waals surface area contributed by atoms with Gasteiger partial charge in [-0.25, -0.2) is 4.79 Å². The molecule has 21 heavy (non-hydrogen) atoms. The van der Waals surface area contributed by atoms with Crippen molar-refractivity contribution in [3.63, 3.8) is 0 Å². The lowest BCUT2D eigenvalue weighted by molar-refractivity contribution is -0.138. The summed E-state index contributed by atoms with van der Waals surface area (Å²) in [7, 11) is 0. The summed E-state index contributed by atoms with van der Waals surface area (Å²) in [5.41, 5.74) is -0.575. The highest BCUT2D eigenvalue weighted by molar-refractivity contribution is 5.85. The van der Waals surface area contributed by atoms with Crippen LogP contribution in [-0.4, -0.2) is 54.8 Å². The van der Waals surface area contributed by atoms with Crippen LogP contribution in [0.25, 0.3) is 0 Å². The number of alkyl carbamates (subject to hydrolysis) is 1. The minimum absolute atomic E-state index is 0.0575. The Kier molecular flexibility index (Phi) is 6.45. The third kappa shape index (κ3) is 6.80. The Bertz CT molecular complexity index is 357. The number of carbonyl (C=O) groups is 2. The van der Waals surface area contributed by atoms with Gasteiger partial charge in [-0.05, 0) is 33.1 Å². The molecule has 6 nitrogen and oxygen atoms in total. The second-order valence-electron chi connectivity index (χ2n) is 6.77. The Labute approximate surface area is 127 Å². The molecule has 2 amide bonds. The highest BCUT2D eigenvalue weighted by Crippen LogP contribution is 2.12. The van der Waals surface area contributed by atoms with Crippen molar-refractivity contribution in [2.24, 2.45) is 5.92 Å². The van der Waals surface area contributed by atoms with Crippen LogP contribution in [0, 0.1) is 5.92 Å². The Hall–Kier alpha value is -1.30. The topological polar surface area (TPSA) is 67.9 Å². The number of rotatable bonds is 4. The van der Waals surface area contributed by atoms with E-state index in [-0.39, 0.29) is 5.91 Å². The van der Waals surface area contributed by atoms with Gasteiger partial charge in [0.25, 0.3) is 0 Å². The van der Waals surface area contributed by atoms with Crippen LogP contribution in [0.5, 0.6) is 0 Å². The maximum absolute atomic E-state index is 12.5. The van der Waals surface area contributed by atoms with Gasteiger partial charge < -0.3 is 19.7 Å². The molecule has 0 aliphatic carbocycles. The van der Waals surface area contributed by atoms with E-state index in [0.29, 0.717) is 38.6 Å². The van der Waals surface area contributed by atoms with Gasteiger partial charge in [0.15, 0.2) is 0 Å². The van der Waals surface area contributed by atoms with Gasteiger partial charge >= 0.3 is 6.09 Å². The predicted molar refractivity (Wildman–Crippen MR) is 80.0 cm³/mol. The summed E-state index contributed by atoms with van der Waals surface area (Å²) in [5, 5.41) is 2.71. The summed E-state index contributed by atoms with van der Waals surface area (Å²) < 4.78 is 10.5. The van der Waals surface area contributed by atoms with Crippen LogP contribution in [0.1, 0.15) is 41.0 Å². The molecule has 1 fully saturated rings. The first kappa shape index (κ1) is 17.8. The molecule has 0 bridgehead atoms. The van der Waals surface area contributed by atoms with Crippen molar-refractivity contribution in [1.82, 2.24) is 10.2 Å². The van der Waals surface area contributed by atoms with Crippen LogP contribution in [0.3, 0.4) is 0 Å². The fourth-order valence-corrected chi connectivity index (χ4v) is 2.15. The molecule has 1 atom stereocenters. The molecule has 0 aromatic rings. The van der Waals surface area contributed by atoms with E-state index in [9.17, 15) is 9.59 Å².